The smallest absolute Gasteiger partial charge is 0.273 e. The van der Waals surface area contributed by atoms with Crippen LogP contribution in [0, 0.1) is 5.92 Å². The summed E-state index contributed by atoms with van der Waals surface area (Å²) in [7, 11) is 0. The fraction of sp³-hybridized carbons (Fsp3) is 0.625. The second-order valence-electron chi connectivity index (χ2n) is 6.12. The van der Waals surface area contributed by atoms with Crippen molar-refractivity contribution in [3.8, 4) is 0 Å². The Morgan fingerprint density at radius 2 is 1.90 bits per heavy atom. The van der Waals surface area contributed by atoms with Crippen LogP contribution in [-0.2, 0) is 17.6 Å². The molecule has 1 aromatic heterocycles. The molecule has 1 saturated carbocycles. The fourth-order valence-electron chi connectivity index (χ4n) is 3.33. The molecule has 114 valence electrons. The zero-order chi connectivity index (χ0) is 14.7. The van der Waals surface area contributed by atoms with Gasteiger partial charge in [0.15, 0.2) is 0 Å². The first-order chi connectivity index (χ1) is 10.2. The van der Waals surface area contributed by atoms with Crippen molar-refractivity contribution in [1.29, 1.82) is 0 Å². The molecule has 3 rings (SSSR count). The topological polar surface area (TPSA) is 58.2 Å². The van der Waals surface area contributed by atoms with E-state index in [0.717, 1.165) is 25.7 Å². The molecule has 0 aromatic carbocycles. The highest BCUT2D eigenvalue weighted by atomic mass is 32.1. The summed E-state index contributed by atoms with van der Waals surface area (Å²) in [4.78, 5) is 25.9. The third-order valence-electron chi connectivity index (χ3n) is 4.48. The molecule has 1 aromatic rings. The minimum atomic E-state index is -0.189. The highest BCUT2D eigenvalue weighted by Crippen LogP contribution is 2.30. The normalized spacial score (nSPS) is 18.3. The van der Waals surface area contributed by atoms with Gasteiger partial charge in [-0.2, -0.15) is 0 Å². The Morgan fingerprint density at radius 1 is 1.10 bits per heavy atom. The van der Waals surface area contributed by atoms with Crippen LogP contribution >= 0.6 is 11.3 Å². The summed E-state index contributed by atoms with van der Waals surface area (Å²) < 4.78 is 0. The molecule has 0 spiro atoms. The lowest BCUT2D eigenvalue weighted by Crippen LogP contribution is -2.42. The minimum absolute atomic E-state index is 0.0700. The predicted octanol–water partition coefficient (Wildman–Crippen LogP) is 2.97. The molecule has 2 aliphatic rings. The summed E-state index contributed by atoms with van der Waals surface area (Å²) in [6, 6.07) is 1.97. The van der Waals surface area contributed by atoms with Crippen molar-refractivity contribution in [2.45, 2.75) is 57.8 Å². The van der Waals surface area contributed by atoms with Crippen LogP contribution in [0.15, 0.2) is 6.07 Å². The van der Waals surface area contributed by atoms with E-state index in [4.69, 9.17) is 0 Å². The third-order valence-corrected chi connectivity index (χ3v) is 5.72. The van der Waals surface area contributed by atoms with Gasteiger partial charge in [0, 0.05) is 11.3 Å². The van der Waals surface area contributed by atoms with Crippen molar-refractivity contribution in [2.24, 2.45) is 5.92 Å². The van der Waals surface area contributed by atoms with Gasteiger partial charge in [0.25, 0.3) is 5.91 Å². The van der Waals surface area contributed by atoms with E-state index in [9.17, 15) is 9.59 Å². The molecule has 1 heterocycles. The Kier molecular flexibility index (Phi) is 4.58. The van der Waals surface area contributed by atoms with Crippen LogP contribution in [0.2, 0.25) is 0 Å². The van der Waals surface area contributed by atoms with E-state index in [1.807, 2.05) is 6.07 Å². The third kappa shape index (κ3) is 3.64. The maximum absolute atomic E-state index is 12.0. The van der Waals surface area contributed by atoms with Crippen LogP contribution in [0.1, 0.15) is 65.1 Å². The molecule has 0 atom stereocenters. The van der Waals surface area contributed by atoms with Crippen molar-refractivity contribution >= 4 is 23.2 Å². The summed E-state index contributed by atoms with van der Waals surface area (Å²) in [6.45, 7) is 0. The van der Waals surface area contributed by atoms with Crippen LogP contribution in [0.3, 0.4) is 0 Å². The van der Waals surface area contributed by atoms with E-state index in [0.29, 0.717) is 17.2 Å². The van der Waals surface area contributed by atoms with Crippen molar-refractivity contribution in [3.05, 3.63) is 21.4 Å². The zero-order valence-electron chi connectivity index (χ0n) is 12.2. The molecule has 0 aliphatic heterocycles. The summed E-state index contributed by atoms with van der Waals surface area (Å²) >= 11 is 1.55. The molecule has 5 heteroatoms. The van der Waals surface area contributed by atoms with Gasteiger partial charge < -0.3 is 0 Å². The van der Waals surface area contributed by atoms with E-state index in [1.165, 1.54) is 36.1 Å². The van der Waals surface area contributed by atoms with Gasteiger partial charge in [-0.05, 0) is 49.7 Å². The van der Waals surface area contributed by atoms with Gasteiger partial charge in [0.05, 0.1) is 4.88 Å². The zero-order valence-corrected chi connectivity index (χ0v) is 13.1. The van der Waals surface area contributed by atoms with Gasteiger partial charge in [-0.1, -0.05) is 19.3 Å². The molecule has 2 aliphatic carbocycles. The van der Waals surface area contributed by atoms with Crippen molar-refractivity contribution in [2.75, 3.05) is 0 Å². The van der Waals surface area contributed by atoms with E-state index in [1.54, 1.807) is 11.3 Å². The summed E-state index contributed by atoms with van der Waals surface area (Å²) in [6.07, 6.45) is 9.91. The Labute approximate surface area is 129 Å². The molecule has 1 fully saturated rings. The van der Waals surface area contributed by atoms with Crippen LogP contribution in [0.25, 0.3) is 0 Å². The van der Waals surface area contributed by atoms with Gasteiger partial charge >= 0.3 is 0 Å². The minimum Gasteiger partial charge on any atom is -0.273 e. The number of fused-ring (bicyclic) bond motifs is 1. The van der Waals surface area contributed by atoms with Crippen LogP contribution in [0.5, 0.6) is 0 Å². The average Bonchev–Trinajstić information content (AvgIpc) is 3.07. The summed E-state index contributed by atoms with van der Waals surface area (Å²) in [5.41, 5.74) is 6.41. The monoisotopic (exact) mass is 306 g/mol. The van der Waals surface area contributed by atoms with Crippen LogP contribution in [-0.4, -0.2) is 11.8 Å². The molecule has 0 radical (unpaired) electrons. The Balaban J connectivity index is 1.45. The Morgan fingerprint density at radius 3 is 2.67 bits per heavy atom. The number of nitrogens with one attached hydrogen (secondary N) is 2. The molecule has 2 amide bonds. The first-order valence-corrected chi connectivity index (χ1v) is 8.75. The SMILES string of the molecule is O=C(CC1CCCCC1)NNC(=O)c1cc2c(s1)CCC2. The summed E-state index contributed by atoms with van der Waals surface area (Å²) in [5, 5.41) is 0. The molecule has 0 bridgehead atoms. The maximum atomic E-state index is 12.0. The van der Waals surface area contributed by atoms with Gasteiger partial charge in [-0.15, -0.1) is 11.3 Å². The molecule has 4 nitrogen and oxygen atoms in total. The standard InChI is InChI=1S/C16H22N2O2S/c19-15(9-11-5-2-1-3-6-11)17-18-16(20)14-10-12-7-4-8-13(12)21-14/h10-11H,1-9H2,(H,17,19)(H,18,20). The maximum Gasteiger partial charge on any atom is 0.279 e. The van der Waals surface area contributed by atoms with E-state index in [-0.39, 0.29) is 11.8 Å². The lowest BCUT2D eigenvalue weighted by atomic mass is 9.87. The van der Waals surface area contributed by atoms with Crippen molar-refractivity contribution in [3.63, 3.8) is 0 Å². The number of carbonyl (C=O) groups is 2. The Hall–Kier alpha value is -1.36. The second-order valence-corrected chi connectivity index (χ2v) is 7.26. The number of aryl methyl sites for hydroxylation is 2. The molecule has 0 saturated heterocycles. The van der Waals surface area contributed by atoms with Crippen LogP contribution in [0.4, 0.5) is 0 Å². The van der Waals surface area contributed by atoms with Gasteiger partial charge in [0.2, 0.25) is 5.91 Å². The Bertz CT molecular complexity index is 511. The van der Waals surface area contributed by atoms with Crippen molar-refractivity contribution < 1.29 is 9.59 Å². The number of carbonyl (C=O) groups excluding carboxylic acids is 2. The number of rotatable bonds is 3. The molecule has 0 unspecified atom stereocenters. The largest absolute Gasteiger partial charge is 0.279 e. The first-order valence-electron chi connectivity index (χ1n) is 7.93. The number of hydrazine groups is 1. The van der Waals surface area contributed by atoms with E-state index >= 15 is 0 Å². The average molecular weight is 306 g/mol. The van der Waals surface area contributed by atoms with E-state index in [2.05, 4.69) is 10.9 Å². The van der Waals surface area contributed by atoms with Crippen LogP contribution < -0.4 is 10.9 Å². The lowest BCUT2D eigenvalue weighted by Gasteiger charge is -2.20. The summed E-state index contributed by atoms with van der Waals surface area (Å²) in [5.74, 6) is 0.229. The second kappa shape index (κ2) is 6.60. The number of amides is 2. The highest BCUT2D eigenvalue weighted by molar-refractivity contribution is 7.14. The highest BCUT2D eigenvalue weighted by Gasteiger charge is 2.20. The van der Waals surface area contributed by atoms with Crippen molar-refractivity contribution in [1.82, 2.24) is 10.9 Å². The lowest BCUT2D eigenvalue weighted by molar-refractivity contribution is -0.123. The van der Waals surface area contributed by atoms with Gasteiger partial charge in [-0.3, -0.25) is 20.4 Å². The quantitative estimate of drug-likeness (QED) is 0.844. The fourth-order valence-corrected chi connectivity index (χ4v) is 4.48. The molecular weight excluding hydrogens is 284 g/mol. The number of hydrogen-bond acceptors (Lipinski definition) is 3. The molecular formula is C16H22N2O2S. The molecule has 2 N–H and O–H groups in total. The number of thiophene rings is 1. The first kappa shape index (κ1) is 14.6. The molecule has 21 heavy (non-hydrogen) atoms. The predicted molar refractivity (Wildman–Crippen MR) is 83.1 cm³/mol. The number of hydrogen-bond donors (Lipinski definition) is 2. The van der Waals surface area contributed by atoms with E-state index < -0.39 is 0 Å². The van der Waals surface area contributed by atoms with Gasteiger partial charge in [-0.25, -0.2) is 0 Å². The van der Waals surface area contributed by atoms with Gasteiger partial charge in [0.1, 0.15) is 0 Å².